The average molecular weight is 497 g/mol. The Morgan fingerprint density at radius 2 is 1.86 bits per heavy atom. The topological polar surface area (TPSA) is 107 Å². The van der Waals surface area contributed by atoms with Crippen LogP contribution in [0.15, 0.2) is 69.6 Å². The second kappa shape index (κ2) is 10.1. The van der Waals surface area contributed by atoms with Gasteiger partial charge in [-0.3, -0.25) is 9.36 Å². The fourth-order valence-corrected chi connectivity index (χ4v) is 4.76. The second-order valence-electron chi connectivity index (χ2n) is 7.61. The monoisotopic (exact) mass is 496 g/mol. The number of nitrogens with zero attached hydrogens (tertiary/aromatic N) is 2. The van der Waals surface area contributed by atoms with Gasteiger partial charge in [0.1, 0.15) is 11.6 Å². The number of rotatable bonds is 7. The molecule has 2 aromatic carbocycles. The number of hydrogen-bond acceptors (Lipinski definition) is 7. The lowest BCUT2D eigenvalue weighted by Crippen LogP contribution is -2.39. The molecular weight excluding hydrogens is 475 g/mol. The molecule has 8 nitrogen and oxygen atoms in total. The first-order valence-electron chi connectivity index (χ1n) is 10.7. The van der Waals surface area contributed by atoms with E-state index in [-0.39, 0.29) is 17.7 Å². The molecule has 4 rings (SSSR count). The maximum atomic E-state index is 13.6. The Balaban J connectivity index is 1.81. The average Bonchev–Trinajstić information content (AvgIpc) is 3.12. The molecule has 1 N–H and O–H groups in total. The molecule has 35 heavy (non-hydrogen) atoms. The van der Waals surface area contributed by atoms with E-state index in [1.54, 1.807) is 44.2 Å². The maximum Gasteiger partial charge on any atom is 0.341 e. The summed E-state index contributed by atoms with van der Waals surface area (Å²) in [5.41, 5.74) is 1.53. The molecule has 0 radical (unpaired) electrons. The van der Waals surface area contributed by atoms with Crippen LogP contribution in [0.4, 0.5) is 4.39 Å². The highest BCUT2D eigenvalue weighted by molar-refractivity contribution is 7.07. The van der Waals surface area contributed by atoms with E-state index in [0.717, 1.165) is 0 Å². The van der Waals surface area contributed by atoms with Gasteiger partial charge in [0.15, 0.2) is 11.4 Å². The predicted molar refractivity (Wildman–Crippen MR) is 126 cm³/mol. The molecule has 0 unspecified atom stereocenters. The number of ether oxygens (including phenoxy) is 2. The molecule has 0 spiro atoms. The predicted octanol–water partition coefficient (Wildman–Crippen LogP) is 2.40. The second-order valence-corrected chi connectivity index (χ2v) is 8.61. The fraction of sp³-hybridized carbons (Fsp3) is 0.200. The van der Waals surface area contributed by atoms with Gasteiger partial charge in [0.05, 0.1) is 28.5 Å². The molecule has 0 saturated carbocycles. The zero-order chi connectivity index (χ0) is 25.1. The number of halogens is 1. The first-order chi connectivity index (χ1) is 16.8. The lowest BCUT2D eigenvalue weighted by molar-refractivity contribution is -0.140. The van der Waals surface area contributed by atoms with E-state index in [0.29, 0.717) is 31.9 Å². The van der Waals surface area contributed by atoms with Crippen molar-refractivity contribution in [2.45, 2.75) is 19.9 Å². The summed E-state index contributed by atoms with van der Waals surface area (Å²) >= 11 is 1.17. The number of hydrogen-bond donors (Lipinski definition) is 1. The number of aliphatic carboxylic acids is 1. The Morgan fingerprint density at radius 1 is 1.17 bits per heavy atom. The van der Waals surface area contributed by atoms with E-state index in [4.69, 9.17) is 14.6 Å². The van der Waals surface area contributed by atoms with Gasteiger partial charge in [-0.15, -0.1) is 0 Å². The number of aromatic nitrogens is 1. The van der Waals surface area contributed by atoms with Crippen LogP contribution in [-0.2, 0) is 14.3 Å². The van der Waals surface area contributed by atoms with Gasteiger partial charge in [0, 0.05) is 0 Å². The number of fused-ring (bicyclic) bond motifs is 1. The van der Waals surface area contributed by atoms with Crippen molar-refractivity contribution in [1.82, 2.24) is 4.57 Å². The largest absolute Gasteiger partial charge is 0.482 e. The standard InChI is InChI=1S/C25H21FN2O6S/c1-3-33-24(32)21-14(2)27-25-28(22(21)16-6-8-17(26)9-7-16)23(31)19(35-25)12-15-4-10-18(11-5-15)34-13-20(29)30/h4-12,22H,3,13H2,1-2H3,(H,29,30)/b19-12-/t22-/m0/s1. The van der Waals surface area contributed by atoms with E-state index >= 15 is 0 Å². The number of allylic oxidation sites excluding steroid dienone is 1. The van der Waals surface area contributed by atoms with Gasteiger partial charge in [-0.1, -0.05) is 35.6 Å². The molecule has 1 aliphatic rings. The van der Waals surface area contributed by atoms with E-state index < -0.39 is 30.4 Å². The van der Waals surface area contributed by atoms with Crippen molar-refractivity contribution in [1.29, 1.82) is 0 Å². The van der Waals surface area contributed by atoms with Crippen LogP contribution in [-0.4, -0.2) is 34.8 Å². The third-order valence-corrected chi connectivity index (χ3v) is 6.23. The number of esters is 1. The minimum absolute atomic E-state index is 0.155. The smallest absolute Gasteiger partial charge is 0.341 e. The Hall–Kier alpha value is -4.05. The van der Waals surface area contributed by atoms with Crippen LogP contribution in [0.25, 0.3) is 6.08 Å². The number of carboxylic acid groups (broad SMARTS) is 1. The Labute approximate surface area is 202 Å². The summed E-state index contributed by atoms with van der Waals surface area (Å²) in [6.45, 7) is 3.06. The summed E-state index contributed by atoms with van der Waals surface area (Å²) in [6, 6.07) is 11.4. The van der Waals surface area contributed by atoms with E-state index in [9.17, 15) is 18.8 Å². The molecule has 1 aliphatic heterocycles. The third kappa shape index (κ3) is 5.07. The maximum absolute atomic E-state index is 13.6. The van der Waals surface area contributed by atoms with Crippen LogP contribution in [0, 0.1) is 5.82 Å². The zero-order valence-electron chi connectivity index (χ0n) is 18.9. The molecule has 180 valence electrons. The van der Waals surface area contributed by atoms with E-state index in [1.165, 1.54) is 40.2 Å². The number of carboxylic acids is 1. The van der Waals surface area contributed by atoms with Crippen molar-refractivity contribution in [3.63, 3.8) is 0 Å². The van der Waals surface area contributed by atoms with Gasteiger partial charge in [0.2, 0.25) is 0 Å². The summed E-state index contributed by atoms with van der Waals surface area (Å²) in [7, 11) is 0. The highest BCUT2D eigenvalue weighted by Crippen LogP contribution is 2.30. The van der Waals surface area contributed by atoms with Crippen molar-refractivity contribution >= 4 is 29.4 Å². The number of carbonyl (C=O) groups is 2. The number of carbonyl (C=O) groups excluding carboxylic acids is 1. The van der Waals surface area contributed by atoms with Crippen molar-refractivity contribution in [3.05, 3.63) is 96.4 Å². The Bertz CT molecular complexity index is 1490. The van der Waals surface area contributed by atoms with Crippen LogP contribution in [0.1, 0.15) is 31.0 Å². The quantitative estimate of drug-likeness (QED) is 0.504. The summed E-state index contributed by atoms with van der Waals surface area (Å²) in [4.78, 5) is 41.9. The molecule has 10 heteroatoms. The number of thiazole rings is 1. The molecule has 0 amide bonds. The minimum Gasteiger partial charge on any atom is -0.482 e. The minimum atomic E-state index is -1.08. The van der Waals surface area contributed by atoms with E-state index in [2.05, 4.69) is 4.99 Å². The highest BCUT2D eigenvalue weighted by atomic mass is 32.1. The normalized spacial score (nSPS) is 15.4. The number of benzene rings is 2. The molecule has 1 atom stereocenters. The Kier molecular flexibility index (Phi) is 6.92. The van der Waals surface area contributed by atoms with Crippen molar-refractivity contribution < 1.29 is 28.6 Å². The molecule has 0 fully saturated rings. The van der Waals surface area contributed by atoms with Gasteiger partial charge in [-0.25, -0.2) is 19.0 Å². The lowest BCUT2D eigenvalue weighted by atomic mass is 9.96. The fourth-order valence-electron chi connectivity index (χ4n) is 3.71. The first-order valence-corrected chi connectivity index (χ1v) is 11.5. The van der Waals surface area contributed by atoms with Gasteiger partial charge in [-0.05, 0) is 55.3 Å². The molecule has 1 aromatic heterocycles. The SMILES string of the molecule is CCOC(=O)C1=C(C)N=c2s/c(=C\c3ccc(OCC(=O)O)cc3)c(=O)n2[C@H]1c1ccc(F)cc1. The van der Waals surface area contributed by atoms with Crippen LogP contribution < -0.4 is 19.6 Å². The van der Waals surface area contributed by atoms with Crippen LogP contribution >= 0.6 is 11.3 Å². The zero-order valence-corrected chi connectivity index (χ0v) is 19.7. The molecule has 2 heterocycles. The molecule has 0 bridgehead atoms. The third-order valence-electron chi connectivity index (χ3n) is 5.24. The molecule has 0 aliphatic carbocycles. The molecular formula is C25H21FN2O6S. The Morgan fingerprint density at radius 3 is 2.49 bits per heavy atom. The van der Waals surface area contributed by atoms with Crippen LogP contribution in [0.5, 0.6) is 5.75 Å². The summed E-state index contributed by atoms with van der Waals surface area (Å²) in [5.74, 6) is -1.72. The van der Waals surface area contributed by atoms with E-state index in [1.807, 2.05) is 0 Å². The van der Waals surface area contributed by atoms with Crippen molar-refractivity contribution in [3.8, 4) is 5.75 Å². The molecule has 3 aromatic rings. The van der Waals surface area contributed by atoms with Gasteiger partial charge < -0.3 is 14.6 Å². The summed E-state index contributed by atoms with van der Waals surface area (Å²) in [5, 5.41) is 8.73. The van der Waals surface area contributed by atoms with Crippen molar-refractivity contribution in [2.75, 3.05) is 13.2 Å². The van der Waals surface area contributed by atoms with Crippen LogP contribution in [0.2, 0.25) is 0 Å². The first kappa shape index (κ1) is 24.1. The molecule has 0 saturated heterocycles. The summed E-state index contributed by atoms with van der Waals surface area (Å²) in [6.07, 6.45) is 1.68. The van der Waals surface area contributed by atoms with Gasteiger partial charge >= 0.3 is 11.9 Å². The van der Waals surface area contributed by atoms with Gasteiger partial charge in [0.25, 0.3) is 5.56 Å². The van der Waals surface area contributed by atoms with Crippen molar-refractivity contribution in [2.24, 2.45) is 4.99 Å². The van der Waals surface area contributed by atoms with Gasteiger partial charge in [-0.2, -0.15) is 0 Å². The highest BCUT2D eigenvalue weighted by Gasteiger charge is 2.33. The summed E-state index contributed by atoms with van der Waals surface area (Å²) < 4.78 is 25.8. The lowest BCUT2D eigenvalue weighted by Gasteiger charge is -2.24. The van der Waals surface area contributed by atoms with Crippen LogP contribution in [0.3, 0.4) is 0 Å².